The van der Waals surface area contributed by atoms with Crippen LogP contribution in [0.25, 0.3) is 0 Å². The van der Waals surface area contributed by atoms with Gasteiger partial charge in [0, 0.05) is 28.7 Å². The van der Waals surface area contributed by atoms with Gasteiger partial charge in [-0.05, 0) is 33.3 Å². The predicted molar refractivity (Wildman–Crippen MR) is 89.4 cm³/mol. The number of hydrogen-bond donors (Lipinski definition) is 0. The van der Waals surface area contributed by atoms with Crippen molar-refractivity contribution in [2.45, 2.75) is 39.2 Å². The molecule has 1 aliphatic rings. The zero-order valence-corrected chi connectivity index (χ0v) is 14.9. The summed E-state index contributed by atoms with van der Waals surface area (Å²) >= 11 is 3.48. The van der Waals surface area contributed by atoms with Crippen molar-refractivity contribution in [2.24, 2.45) is 10.9 Å². The van der Waals surface area contributed by atoms with E-state index in [0.29, 0.717) is 5.88 Å². The smallest absolute Gasteiger partial charge is 0.315 e. The van der Waals surface area contributed by atoms with Gasteiger partial charge >= 0.3 is 5.97 Å². The number of rotatable bonds is 5. The van der Waals surface area contributed by atoms with Gasteiger partial charge in [0.2, 0.25) is 5.88 Å². The minimum atomic E-state index is -0.395. The van der Waals surface area contributed by atoms with E-state index in [-0.39, 0.29) is 18.0 Å². The van der Waals surface area contributed by atoms with E-state index in [0.717, 1.165) is 28.7 Å². The second-order valence-electron chi connectivity index (χ2n) is 5.55. The lowest BCUT2D eigenvalue weighted by Crippen LogP contribution is -2.33. The third-order valence-corrected chi connectivity index (χ3v) is 4.13. The summed E-state index contributed by atoms with van der Waals surface area (Å²) < 4.78 is 10.8. The van der Waals surface area contributed by atoms with Crippen molar-refractivity contribution in [3.05, 3.63) is 17.8 Å². The number of alkyl halides is 1. The van der Waals surface area contributed by atoms with E-state index in [1.54, 1.807) is 6.20 Å². The highest BCUT2D eigenvalue weighted by atomic mass is 79.9. The standard InChI is InChI=1S/C16H21BrN2O3/c1-9(2)22-15-14-11(5-7-17)13(16(20)21-4)10(3)19-12(14)6-8-18-15/h6,8-9,11,13H,5,7H2,1-4H3. The number of carbonyl (C=O) groups excluding carboxylic acids is 1. The number of carbonyl (C=O) groups is 1. The van der Waals surface area contributed by atoms with Gasteiger partial charge in [0.05, 0.1) is 18.9 Å². The quantitative estimate of drug-likeness (QED) is 0.587. The molecule has 5 nitrogen and oxygen atoms in total. The van der Waals surface area contributed by atoms with E-state index < -0.39 is 5.92 Å². The zero-order valence-electron chi connectivity index (χ0n) is 13.3. The van der Waals surface area contributed by atoms with Crippen molar-refractivity contribution in [3.8, 4) is 5.88 Å². The Hall–Kier alpha value is -1.43. The van der Waals surface area contributed by atoms with E-state index in [1.165, 1.54) is 7.11 Å². The predicted octanol–water partition coefficient (Wildman–Crippen LogP) is 3.63. The first-order valence-electron chi connectivity index (χ1n) is 7.34. The van der Waals surface area contributed by atoms with Crippen LogP contribution in [0, 0.1) is 5.92 Å². The number of esters is 1. The van der Waals surface area contributed by atoms with E-state index in [9.17, 15) is 4.79 Å². The monoisotopic (exact) mass is 368 g/mol. The van der Waals surface area contributed by atoms with Crippen molar-refractivity contribution < 1.29 is 14.3 Å². The molecule has 0 aromatic carbocycles. The zero-order chi connectivity index (χ0) is 16.3. The average Bonchev–Trinajstić information content (AvgIpc) is 2.46. The molecule has 0 saturated carbocycles. The summed E-state index contributed by atoms with van der Waals surface area (Å²) in [5.74, 6) is -0.156. The molecule has 0 spiro atoms. The Balaban J connectivity index is 2.56. The van der Waals surface area contributed by atoms with E-state index in [1.807, 2.05) is 26.8 Å². The lowest BCUT2D eigenvalue weighted by Gasteiger charge is -2.31. The van der Waals surface area contributed by atoms with E-state index in [2.05, 4.69) is 25.9 Å². The molecule has 2 unspecified atom stereocenters. The van der Waals surface area contributed by atoms with Crippen LogP contribution in [0.1, 0.15) is 38.7 Å². The summed E-state index contributed by atoms with van der Waals surface area (Å²) in [5.41, 5.74) is 2.50. The fraction of sp³-hybridized carbons (Fsp3) is 0.562. The molecule has 1 aromatic rings. The van der Waals surface area contributed by atoms with Crippen molar-refractivity contribution in [3.63, 3.8) is 0 Å². The van der Waals surface area contributed by atoms with Crippen LogP contribution < -0.4 is 4.74 Å². The molecule has 0 fully saturated rings. The minimum Gasteiger partial charge on any atom is -0.475 e. The Morgan fingerprint density at radius 3 is 2.77 bits per heavy atom. The average molecular weight is 369 g/mol. The number of aromatic nitrogens is 1. The lowest BCUT2D eigenvalue weighted by molar-refractivity contribution is -0.143. The largest absolute Gasteiger partial charge is 0.475 e. The number of pyridine rings is 1. The van der Waals surface area contributed by atoms with Crippen LogP contribution in [0.15, 0.2) is 17.3 Å². The molecule has 6 heteroatoms. The maximum absolute atomic E-state index is 12.2. The number of ether oxygens (including phenoxy) is 2. The highest BCUT2D eigenvalue weighted by Crippen LogP contribution is 2.45. The van der Waals surface area contributed by atoms with Gasteiger partial charge in [-0.15, -0.1) is 0 Å². The Bertz CT molecular complexity index is 587. The summed E-state index contributed by atoms with van der Waals surface area (Å²) in [4.78, 5) is 21.2. The van der Waals surface area contributed by atoms with Crippen molar-refractivity contribution in [1.29, 1.82) is 0 Å². The summed E-state index contributed by atoms with van der Waals surface area (Å²) in [6, 6.07) is 1.86. The second kappa shape index (κ2) is 7.22. The van der Waals surface area contributed by atoms with E-state index in [4.69, 9.17) is 9.47 Å². The fourth-order valence-electron chi connectivity index (χ4n) is 2.82. The molecule has 0 bridgehead atoms. The summed E-state index contributed by atoms with van der Waals surface area (Å²) in [6.07, 6.45) is 2.48. The summed E-state index contributed by atoms with van der Waals surface area (Å²) in [5, 5.41) is 0.772. The van der Waals surface area contributed by atoms with Gasteiger partial charge in [0.1, 0.15) is 5.92 Å². The number of fused-ring (bicyclic) bond motifs is 1. The van der Waals surface area contributed by atoms with Crippen LogP contribution in [-0.2, 0) is 9.53 Å². The third kappa shape index (κ3) is 3.32. The minimum absolute atomic E-state index is 0.00667. The molecule has 0 amide bonds. The summed E-state index contributed by atoms with van der Waals surface area (Å²) in [7, 11) is 1.41. The molecule has 2 rings (SSSR count). The van der Waals surface area contributed by atoms with Crippen LogP contribution in [0.4, 0.5) is 5.69 Å². The molecular weight excluding hydrogens is 348 g/mol. The van der Waals surface area contributed by atoms with Crippen LogP contribution >= 0.6 is 15.9 Å². The molecule has 22 heavy (non-hydrogen) atoms. The van der Waals surface area contributed by atoms with Gasteiger partial charge in [0.25, 0.3) is 0 Å². The number of nitrogens with zero attached hydrogens (tertiary/aromatic N) is 2. The van der Waals surface area contributed by atoms with Crippen molar-refractivity contribution >= 4 is 33.3 Å². The van der Waals surface area contributed by atoms with E-state index >= 15 is 0 Å². The van der Waals surface area contributed by atoms with Crippen LogP contribution in [0.3, 0.4) is 0 Å². The first-order valence-corrected chi connectivity index (χ1v) is 8.46. The highest BCUT2D eigenvalue weighted by molar-refractivity contribution is 9.09. The van der Waals surface area contributed by atoms with Gasteiger partial charge in [0.15, 0.2) is 0 Å². The number of hydrogen-bond acceptors (Lipinski definition) is 5. The normalized spacial score (nSPS) is 20.4. The van der Waals surface area contributed by atoms with Crippen LogP contribution in [-0.4, -0.2) is 35.2 Å². The molecule has 0 aliphatic carbocycles. The molecule has 1 aliphatic heterocycles. The molecule has 0 N–H and O–H groups in total. The number of aliphatic imine (C=N–C) groups is 1. The SMILES string of the molecule is COC(=O)C1C(C)=Nc2ccnc(OC(C)C)c2C1CCBr. The van der Waals surface area contributed by atoms with Gasteiger partial charge in [-0.1, -0.05) is 15.9 Å². The number of halogens is 1. The maximum atomic E-state index is 12.2. The molecule has 120 valence electrons. The lowest BCUT2D eigenvalue weighted by atomic mass is 9.79. The Morgan fingerprint density at radius 1 is 1.45 bits per heavy atom. The van der Waals surface area contributed by atoms with Crippen molar-refractivity contribution in [2.75, 3.05) is 12.4 Å². The Morgan fingerprint density at radius 2 is 2.18 bits per heavy atom. The first-order chi connectivity index (χ1) is 10.5. The second-order valence-corrected chi connectivity index (χ2v) is 6.35. The third-order valence-electron chi connectivity index (χ3n) is 3.67. The van der Waals surface area contributed by atoms with Gasteiger partial charge in [-0.25, -0.2) is 4.98 Å². The molecule has 2 heterocycles. The fourth-order valence-corrected chi connectivity index (χ4v) is 3.31. The highest BCUT2D eigenvalue weighted by Gasteiger charge is 2.39. The number of methoxy groups -OCH3 is 1. The molecule has 1 aromatic heterocycles. The molecule has 0 radical (unpaired) electrons. The van der Waals surface area contributed by atoms with Gasteiger partial charge in [-0.3, -0.25) is 9.79 Å². The van der Waals surface area contributed by atoms with Crippen LogP contribution in [0.2, 0.25) is 0 Å². The van der Waals surface area contributed by atoms with Crippen molar-refractivity contribution in [1.82, 2.24) is 4.98 Å². The Kier molecular flexibility index (Phi) is 5.56. The first kappa shape index (κ1) is 16.9. The Labute approximate surface area is 139 Å². The van der Waals surface area contributed by atoms with Gasteiger partial charge < -0.3 is 9.47 Å². The maximum Gasteiger partial charge on any atom is 0.315 e. The molecule has 0 saturated heterocycles. The topological polar surface area (TPSA) is 60.8 Å². The van der Waals surface area contributed by atoms with Gasteiger partial charge in [-0.2, -0.15) is 0 Å². The summed E-state index contributed by atoms with van der Waals surface area (Å²) in [6.45, 7) is 5.78. The molecule has 2 atom stereocenters. The van der Waals surface area contributed by atoms with Crippen LogP contribution in [0.5, 0.6) is 5.88 Å². The molecular formula is C16H21BrN2O3.